The number of fused-ring (bicyclic) bond motifs is 1. The zero-order chi connectivity index (χ0) is 12.5. The van der Waals surface area contributed by atoms with Gasteiger partial charge in [-0.05, 0) is 37.0 Å². The molecule has 1 aliphatic carbocycles. The van der Waals surface area contributed by atoms with Gasteiger partial charge < -0.3 is 4.57 Å². The van der Waals surface area contributed by atoms with Gasteiger partial charge in [-0.1, -0.05) is 12.5 Å². The van der Waals surface area contributed by atoms with Crippen LogP contribution < -0.4 is 0 Å². The Morgan fingerprint density at radius 3 is 2.89 bits per heavy atom. The monoisotopic (exact) mass is 238 g/mol. The molecular weight excluding hydrogens is 224 g/mol. The number of benzene rings is 1. The maximum absolute atomic E-state index is 11.2. The molecule has 2 aromatic rings. The van der Waals surface area contributed by atoms with Gasteiger partial charge in [0.25, 0.3) is 0 Å². The Labute approximate surface area is 106 Å². The van der Waals surface area contributed by atoms with E-state index >= 15 is 0 Å². The van der Waals surface area contributed by atoms with E-state index in [0.29, 0.717) is 17.2 Å². The maximum Gasteiger partial charge on any atom is 0.166 e. The summed E-state index contributed by atoms with van der Waals surface area (Å²) in [5, 5.41) is 9.99. The van der Waals surface area contributed by atoms with E-state index in [4.69, 9.17) is 5.26 Å². The maximum atomic E-state index is 11.2. The van der Waals surface area contributed by atoms with E-state index in [1.807, 2.05) is 18.2 Å². The lowest BCUT2D eigenvalue weighted by atomic mass is 9.85. The van der Waals surface area contributed by atoms with Crippen molar-refractivity contribution < 1.29 is 4.79 Å². The Kier molecular flexibility index (Phi) is 2.64. The topological polar surface area (TPSA) is 45.8 Å². The SMILES string of the molecule is N#Cc1cccc2c1cc(C=O)n2CC1CCC1. The lowest BCUT2D eigenvalue weighted by molar-refractivity contribution is 0.111. The first kappa shape index (κ1) is 11.0. The molecule has 0 unspecified atom stereocenters. The molecule has 90 valence electrons. The van der Waals surface area contributed by atoms with Crippen LogP contribution in [0.25, 0.3) is 10.9 Å². The van der Waals surface area contributed by atoms with Crippen LogP contribution in [0.4, 0.5) is 0 Å². The molecule has 3 heteroatoms. The van der Waals surface area contributed by atoms with E-state index in [2.05, 4.69) is 10.6 Å². The quantitative estimate of drug-likeness (QED) is 0.771. The van der Waals surface area contributed by atoms with Gasteiger partial charge in [0, 0.05) is 17.4 Å². The Balaban J connectivity index is 2.15. The van der Waals surface area contributed by atoms with Crippen LogP contribution in [-0.4, -0.2) is 10.9 Å². The third kappa shape index (κ3) is 1.62. The molecule has 0 atom stereocenters. The fourth-order valence-electron chi connectivity index (χ4n) is 2.64. The lowest BCUT2D eigenvalue weighted by Gasteiger charge is -2.26. The highest BCUT2D eigenvalue weighted by Gasteiger charge is 2.20. The minimum Gasteiger partial charge on any atom is -0.338 e. The highest BCUT2D eigenvalue weighted by Crippen LogP contribution is 2.31. The number of aromatic nitrogens is 1. The zero-order valence-electron chi connectivity index (χ0n) is 10.1. The van der Waals surface area contributed by atoms with Crippen LogP contribution in [0.1, 0.15) is 35.3 Å². The molecule has 1 aromatic carbocycles. The Bertz CT molecular complexity index is 644. The van der Waals surface area contributed by atoms with Crippen LogP contribution in [0.5, 0.6) is 0 Å². The Morgan fingerprint density at radius 2 is 2.28 bits per heavy atom. The van der Waals surface area contributed by atoms with E-state index < -0.39 is 0 Å². The fourth-order valence-corrected chi connectivity index (χ4v) is 2.64. The third-order valence-corrected chi connectivity index (χ3v) is 3.88. The van der Waals surface area contributed by atoms with Gasteiger partial charge in [0.1, 0.15) is 0 Å². The summed E-state index contributed by atoms with van der Waals surface area (Å²) in [6.45, 7) is 0.895. The standard InChI is InChI=1S/C15H14N2O/c16-8-12-5-2-6-15-14(12)7-13(10-18)17(15)9-11-3-1-4-11/h2,5-7,10-11H,1,3-4,9H2. The van der Waals surface area contributed by atoms with Gasteiger partial charge in [0.15, 0.2) is 6.29 Å². The van der Waals surface area contributed by atoms with Crippen molar-refractivity contribution >= 4 is 17.2 Å². The molecule has 0 spiro atoms. The van der Waals surface area contributed by atoms with Gasteiger partial charge in [0.05, 0.1) is 17.3 Å². The van der Waals surface area contributed by atoms with Crippen molar-refractivity contribution in [1.82, 2.24) is 4.57 Å². The van der Waals surface area contributed by atoms with E-state index in [0.717, 1.165) is 23.7 Å². The molecule has 3 nitrogen and oxygen atoms in total. The number of rotatable bonds is 3. The summed E-state index contributed by atoms with van der Waals surface area (Å²) >= 11 is 0. The van der Waals surface area contributed by atoms with Gasteiger partial charge in [-0.2, -0.15) is 5.26 Å². The summed E-state index contributed by atoms with van der Waals surface area (Å²) < 4.78 is 2.06. The van der Waals surface area contributed by atoms with Crippen LogP contribution in [0.15, 0.2) is 24.3 Å². The number of nitriles is 1. The molecule has 0 N–H and O–H groups in total. The minimum absolute atomic E-state index is 0.642. The molecule has 1 fully saturated rings. The van der Waals surface area contributed by atoms with Gasteiger partial charge in [-0.25, -0.2) is 0 Å². The van der Waals surface area contributed by atoms with Crippen molar-refractivity contribution in [3.8, 4) is 6.07 Å². The highest BCUT2D eigenvalue weighted by molar-refractivity contribution is 5.92. The largest absolute Gasteiger partial charge is 0.338 e. The second-order valence-electron chi connectivity index (χ2n) is 4.94. The molecule has 0 saturated heterocycles. The Morgan fingerprint density at radius 1 is 1.44 bits per heavy atom. The van der Waals surface area contributed by atoms with Crippen LogP contribution in [0, 0.1) is 17.2 Å². The predicted molar refractivity (Wildman–Crippen MR) is 69.4 cm³/mol. The zero-order valence-corrected chi connectivity index (χ0v) is 10.1. The van der Waals surface area contributed by atoms with Crippen molar-refractivity contribution in [3.63, 3.8) is 0 Å². The summed E-state index contributed by atoms with van der Waals surface area (Å²) in [6, 6.07) is 9.69. The molecule has 3 rings (SSSR count). The van der Waals surface area contributed by atoms with Crippen LogP contribution in [0.2, 0.25) is 0 Å². The average Bonchev–Trinajstić information content (AvgIpc) is 2.71. The van der Waals surface area contributed by atoms with E-state index in [9.17, 15) is 4.79 Å². The number of hydrogen-bond acceptors (Lipinski definition) is 2. The summed E-state index contributed by atoms with van der Waals surface area (Å²) in [5.74, 6) is 0.685. The van der Waals surface area contributed by atoms with Crippen molar-refractivity contribution in [2.45, 2.75) is 25.8 Å². The first-order chi connectivity index (χ1) is 8.83. The Hall–Kier alpha value is -2.08. The lowest BCUT2D eigenvalue weighted by Crippen LogP contribution is -2.19. The van der Waals surface area contributed by atoms with E-state index in [1.54, 1.807) is 6.07 Å². The minimum atomic E-state index is 0.642. The second kappa shape index (κ2) is 4.30. The molecule has 0 radical (unpaired) electrons. The number of aldehydes is 1. The second-order valence-corrected chi connectivity index (χ2v) is 4.94. The summed E-state index contributed by atoms with van der Waals surface area (Å²) in [5.41, 5.74) is 2.32. The first-order valence-corrected chi connectivity index (χ1v) is 6.31. The predicted octanol–water partition coefficient (Wildman–Crippen LogP) is 3.13. The van der Waals surface area contributed by atoms with Crippen LogP contribution in [-0.2, 0) is 6.54 Å². The number of carbonyl (C=O) groups excluding carboxylic acids is 1. The molecule has 18 heavy (non-hydrogen) atoms. The molecule has 0 amide bonds. The molecule has 1 aliphatic rings. The van der Waals surface area contributed by atoms with Crippen molar-refractivity contribution in [2.75, 3.05) is 0 Å². The normalized spacial score (nSPS) is 15.3. The molecule has 0 aliphatic heterocycles. The van der Waals surface area contributed by atoms with E-state index in [1.165, 1.54) is 19.3 Å². The van der Waals surface area contributed by atoms with E-state index in [-0.39, 0.29) is 0 Å². The molecule has 1 aromatic heterocycles. The summed E-state index contributed by atoms with van der Waals surface area (Å²) in [7, 11) is 0. The van der Waals surface area contributed by atoms with Gasteiger partial charge in [0.2, 0.25) is 0 Å². The molecule has 1 heterocycles. The van der Waals surface area contributed by atoms with Crippen molar-refractivity contribution in [2.24, 2.45) is 5.92 Å². The third-order valence-electron chi connectivity index (χ3n) is 3.88. The molecular formula is C15H14N2O. The summed E-state index contributed by atoms with van der Waals surface area (Å²) in [4.78, 5) is 11.2. The number of hydrogen-bond donors (Lipinski definition) is 0. The van der Waals surface area contributed by atoms with Gasteiger partial charge in [-0.15, -0.1) is 0 Å². The van der Waals surface area contributed by atoms with Crippen LogP contribution in [0.3, 0.4) is 0 Å². The van der Waals surface area contributed by atoms with Crippen molar-refractivity contribution in [3.05, 3.63) is 35.5 Å². The molecule has 0 bridgehead atoms. The van der Waals surface area contributed by atoms with Gasteiger partial charge >= 0.3 is 0 Å². The van der Waals surface area contributed by atoms with Gasteiger partial charge in [-0.3, -0.25) is 4.79 Å². The smallest absolute Gasteiger partial charge is 0.166 e. The van der Waals surface area contributed by atoms with Crippen LogP contribution >= 0.6 is 0 Å². The fraction of sp³-hybridized carbons (Fsp3) is 0.333. The average molecular weight is 238 g/mol. The summed E-state index contributed by atoms with van der Waals surface area (Å²) in [6.07, 6.45) is 4.68. The molecule has 1 saturated carbocycles. The van der Waals surface area contributed by atoms with Crippen molar-refractivity contribution in [1.29, 1.82) is 5.26 Å². The number of carbonyl (C=O) groups is 1. The first-order valence-electron chi connectivity index (χ1n) is 6.31. The highest BCUT2D eigenvalue weighted by atomic mass is 16.1. The number of nitrogens with zero attached hydrogens (tertiary/aromatic N) is 2.